The molecule has 3 rings (SSSR count). The fourth-order valence-corrected chi connectivity index (χ4v) is 2.89. The van der Waals surface area contributed by atoms with Gasteiger partial charge in [-0.25, -0.2) is 0 Å². The summed E-state index contributed by atoms with van der Waals surface area (Å²) >= 11 is 0. The third kappa shape index (κ3) is 4.21. The van der Waals surface area contributed by atoms with Crippen molar-refractivity contribution in [2.45, 2.75) is 19.9 Å². The number of piperazine rings is 1. The van der Waals surface area contributed by atoms with Gasteiger partial charge in [0, 0.05) is 38.8 Å². The second kappa shape index (κ2) is 7.43. The summed E-state index contributed by atoms with van der Waals surface area (Å²) in [5, 5.41) is 3.15. The number of rotatable bonds is 4. The maximum atomic E-state index is 11.5. The molecule has 1 amide bonds. The highest BCUT2D eigenvalue weighted by Gasteiger charge is 2.25. The number of nitrogen functional groups attached to an aromatic ring is 1. The molecule has 1 unspecified atom stereocenters. The van der Waals surface area contributed by atoms with Crippen LogP contribution >= 0.6 is 0 Å². The number of carbonyl (C=O) groups is 1. The molecule has 0 spiro atoms. The number of amides is 1. The van der Waals surface area contributed by atoms with E-state index in [0.717, 1.165) is 31.9 Å². The molecule has 1 aromatic heterocycles. The van der Waals surface area contributed by atoms with Gasteiger partial charge in [-0.15, -0.1) is 0 Å². The standard InChI is InChI=1S/C17H23N7O/c1-12(23-8-10-24(11-9-23)13(2)25)15-20-16(18)22-17(21-15)19-14-6-4-3-5-7-14/h3-7,12H,8-11H2,1-2H3,(H3,18,19,20,21,22). The Hall–Kier alpha value is -2.74. The maximum Gasteiger partial charge on any atom is 0.232 e. The van der Waals surface area contributed by atoms with Crippen LogP contribution in [0, 0.1) is 0 Å². The zero-order valence-electron chi connectivity index (χ0n) is 14.5. The molecule has 1 aliphatic rings. The van der Waals surface area contributed by atoms with Crippen molar-refractivity contribution in [1.82, 2.24) is 24.8 Å². The van der Waals surface area contributed by atoms with Gasteiger partial charge in [-0.1, -0.05) is 18.2 Å². The summed E-state index contributed by atoms with van der Waals surface area (Å²) in [4.78, 5) is 28.5. The first-order valence-electron chi connectivity index (χ1n) is 8.36. The summed E-state index contributed by atoms with van der Waals surface area (Å²) in [5.74, 6) is 1.37. The molecule has 1 aromatic carbocycles. The van der Waals surface area contributed by atoms with Crippen LogP contribution in [0.15, 0.2) is 30.3 Å². The average molecular weight is 341 g/mol. The number of benzene rings is 1. The summed E-state index contributed by atoms with van der Waals surface area (Å²) in [7, 11) is 0. The number of hydrogen-bond acceptors (Lipinski definition) is 7. The molecule has 8 heteroatoms. The topological polar surface area (TPSA) is 100 Å². The van der Waals surface area contributed by atoms with E-state index in [1.807, 2.05) is 42.2 Å². The second-order valence-corrected chi connectivity index (χ2v) is 6.08. The number of anilines is 3. The highest BCUT2D eigenvalue weighted by Crippen LogP contribution is 2.21. The molecule has 0 bridgehead atoms. The zero-order valence-corrected chi connectivity index (χ0v) is 14.5. The van der Waals surface area contributed by atoms with Gasteiger partial charge < -0.3 is 16.0 Å². The minimum atomic E-state index is -0.00395. The Bertz CT molecular complexity index is 729. The summed E-state index contributed by atoms with van der Waals surface area (Å²) in [6.45, 7) is 6.66. The van der Waals surface area contributed by atoms with Crippen molar-refractivity contribution in [2.75, 3.05) is 37.2 Å². The van der Waals surface area contributed by atoms with E-state index in [1.165, 1.54) is 0 Å². The van der Waals surface area contributed by atoms with Crippen LogP contribution in [0.2, 0.25) is 0 Å². The molecule has 132 valence electrons. The van der Waals surface area contributed by atoms with Gasteiger partial charge in [0.15, 0.2) is 5.82 Å². The van der Waals surface area contributed by atoms with Gasteiger partial charge in [-0.05, 0) is 19.1 Å². The lowest BCUT2D eigenvalue weighted by Gasteiger charge is -2.37. The van der Waals surface area contributed by atoms with Crippen LogP contribution in [-0.4, -0.2) is 56.8 Å². The van der Waals surface area contributed by atoms with Gasteiger partial charge in [0.2, 0.25) is 17.8 Å². The molecule has 1 fully saturated rings. The minimum absolute atomic E-state index is 0.00395. The number of aromatic nitrogens is 3. The van der Waals surface area contributed by atoms with Crippen molar-refractivity contribution in [1.29, 1.82) is 0 Å². The van der Waals surface area contributed by atoms with Crippen LogP contribution in [-0.2, 0) is 4.79 Å². The van der Waals surface area contributed by atoms with Gasteiger partial charge in [-0.2, -0.15) is 15.0 Å². The smallest absolute Gasteiger partial charge is 0.232 e. The van der Waals surface area contributed by atoms with Crippen molar-refractivity contribution in [3.8, 4) is 0 Å². The Balaban J connectivity index is 1.72. The lowest BCUT2D eigenvalue weighted by atomic mass is 10.2. The van der Waals surface area contributed by atoms with Crippen molar-refractivity contribution in [3.63, 3.8) is 0 Å². The molecular weight excluding hydrogens is 318 g/mol. The van der Waals surface area contributed by atoms with Gasteiger partial charge >= 0.3 is 0 Å². The molecule has 1 aliphatic heterocycles. The molecule has 0 radical (unpaired) electrons. The van der Waals surface area contributed by atoms with E-state index >= 15 is 0 Å². The largest absolute Gasteiger partial charge is 0.368 e. The van der Waals surface area contributed by atoms with E-state index < -0.39 is 0 Å². The monoisotopic (exact) mass is 341 g/mol. The molecule has 0 aliphatic carbocycles. The van der Waals surface area contributed by atoms with E-state index in [0.29, 0.717) is 11.8 Å². The third-order valence-electron chi connectivity index (χ3n) is 4.38. The van der Waals surface area contributed by atoms with Gasteiger partial charge in [-0.3, -0.25) is 9.69 Å². The van der Waals surface area contributed by atoms with Crippen LogP contribution < -0.4 is 11.1 Å². The molecule has 2 aromatic rings. The summed E-state index contributed by atoms with van der Waals surface area (Å²) in [6.07, 6.45) is 0. The first-order chi connectivity index (χ1) is 12.0. The average Bonchev–Trinajstić information content (AvgIpc) is 2.61. The lowest BCUT2D eigenvalue weighted by Crippen LogP contribution is -2.48. The second-order valence-electron chi connectivity index (χ2n) is 6.08. The maximum absolute atomic E-state index is 11.5. The molecule has 0 saturated carbocycles. The lowest BCUT2D eigenvalue weighted by molar-refractivity contribution is -0.130. The van der Waals surface area contributed by atoms with E-state index in [1.54, 1.807) is 6.92 Å². The fraction of sp³-hybridized carbons (Fsp3) is 0.412. The highest BCUT2D eigenvalue weighted by molar-refractivity contribution is 5.73. The van der Waals surface area contributed by atoms with Crippen molar-refractivity contribution in [2.24, 2.45) is 0 Å². The quantitative estimate of drug-likeness (QED) is 0.867. The zero-order chi connectivity index (χ0) is 17.8. The van der Waals surface area contributed by atoms with Crippen molar-refractivity contribution < 1.29 is 4.79 Å². The molecule has 8 nitrogen and oxygen atoms in total. The van der Waals surface area contributed by atoms with Crippen LogP contribution in [0.4, 0.5) is 17.6 Å². The molecule has 25 heavy (non-hydrogen) atoms. The first kappa shape index (κ1) is 17.1. The van der Waals surface area contributed by atoms with Gasteiger partial charge in [0.05, 0.1) is 6.04 Å². The molecule has 1 atom stereocenters. The fourth-order valence-electron chi connectivity index (χ4n) is 2.89. The number of nitrogens with two attached hydrogens (primary N) is 1. The highest BCUT2D eigenvalue weighted by atomic mass is 16.2. The van der Waals surface area contributed by atoms with Gasteiger partial charge in [0.25, 0.3) is 0 Å². The Labute approximate surface area is 147 Å². The number of nitrogens with one attached hydrogen (secondary N) is 1. The Morgan fingerprint density at radius 1 is 1.12 bits per heavy atom. The number of carbonyl (C=O) groups excluding carboxylic acids is 1. The Kier molecular flexibility index (Phi) is 5.08. The van der Waals surface area contributed by atoms with E-state index in [9.17, 15) is 4.79 Å². The van der Waals surface area contributed by atoms with Crippen LogP contribution in [0.25, 0.3) is 0 Å². The van der Waals surface area contributed by atoms with Crippen molar-refractivity contribution >= 4 is 23.5 Å². The van der Waals surface area contributed by atoms with Crippen LogP contribution in [0.3, 0.4) is 0 Å². The Morgan fingerprint density at radius 3 is 2.44 bits per heavy atom. The predicted molar refractivity (Wildman–Crippen MR) is 96.2 cm³/mol. The summed E-state index contributed by atoms with van der Waals surface area (Å²) in [5.41, 5.74) is 6.76. The first-order valence-corrected chi connectivity index (χ1v) is 8.36. The summed E-state index contributed by atoms with van der Waals surface area (Å²) in [6, 6.07) is 9.68. The third-order valence-corrected chi connectivity index (χ3v) is 4.38. The SMILES string of the molecule is CC(=O)N1CCN(C(C)c2nc(N)nc(Nc3ccccc3)n2)CC1. The van der Waals surface area contributed by atoms with Gasteiger partial charge in [0.1, 0.15) is 0 Å². The number of para-hydroxylation sites is 1. The molecule has 2 heterocycles. The number of nitrogens with zero attached hydrogens (tertiary/aromatic N) is 5. The Morgan fingerprint density at radius 2 is 1.80 bits per heavy atom. The van der Waals surface area contributed by atoms with Crippen molar-refractivity contribution in [3.05, 3.63) is 36.2 Å². The normalized spacial score (nSPS) is 16.5. The number of hydrogen-bond donors (Lipinski definition) is 2. The predicted octanol–water partition coefficient (Wildman–Crippen LogP) is 1.42. The van der Waals surface area contributed by atoms with E-state index in [4.69, 9.17) is 5.73 Å². The van der Waals surface area contributed by atoms with Crippen LogP contribution in [0.5, 0.6) is 0 Å². The molecule has 1 saturated heterocycles. The minimum Gasteiger partial charge on any atom is -0.368 e. The van der Waals surface area contributed by atoms with E-state index in [-0.39, 0.29) is 17.9 Å². The molecular formula is C17H23N7O. The van der Waals surface area contributed by atoms with E-state index in [2.05, 4.69) is 25.2 Å². The molecule has 3 N–H and O–H groups in total. The van der Waals surface area contributed by atoms with Crippen LogP contribution in [0.1, 0.15) is 25.7 Å². The summed E-state index contributed by atoms with van der Waals surface area (Å²) < 4.78 is 0.